The third-order valence-corrected chi connectivity index (χ3v) is 3.48. The third kappa shape index (κ3) is 3.16. The van der Waals surface area contributed by atoms with Gasteiger partial charge in [-0.1, -0.05) is 55.4 Å². The van der Waals surface area contributed by atoms with Crippen molar-refractivity contribution in [2.45, 2.75) is 55.4 Å². The second-order valence-electron chi connectivity index (χ2n) is 6.31. The Morgan fingerprint density at radius 1 is 0.583 bits per heavy atom. The molecule has 0 nitrogen and oxygen atoms in total. The molecule has 0 heteroatoms. The molecule has 0 rings (SSSR count). The van der Waals surface area contributed by atoms with E-state index in [1.54, 1.807) is 0 Å². The van der Waals surface area contributed by atoms with Gasteiger partial charge in [0.05, 0.1) is 0 Å². The topological polar surface area (TPSA) is 0 Å². The van der Waals surface area contributed by atoms with Gasteiger partial charge in [0.25, 0.3) is 0 Å². The van der Waals surface area contributed by atoms with Gasteiger partial charge in [0, 0.05) is 0 Å². The Bertz CT molecular complexity index is 113. The van der Waals surface area contributed by atoms with Crippen LogP contribution in [0.2, 0.25) is 0 Å². The smallest absolute Gasteiger partial charge is 0.0354 e. The predicted molar refractivity (Wildman–Crippen MR) is 57.2 cm³/mol. The lowest BCUT2D eigenvalue weighted by molar-refractivity contribution is 0.0992. The Morgan fingerprint density at radius 3 is 0.833 bits per heavy atom. The molecule has 0 fully saturated rings. The minimum atomic E-state index is 0.437. The molecule has 0 aliphatic heterocycles. The number of rotatable bonds is 1. The van der Waals surface area contributed by atoms with E-state index >= 15 is 0 Å². The van der Waals surface area contributed by atoms with E-state index in [2.05, 4.69) is 55.4 Å². The molecular formula is C12H26. The summed E-state index contributed by atoms with van der Waals surface area (Å²) in [7, 11) is 0. The van der Waals surface area contributed by atoms with E-state index in [1.165, 1.54) is 0 Å². The van der Waals surface area contributed by atoms with Crippen LogP contribution in [0.5, 0.6) is 0 Å². The zero-order chi connectivity index (χ0) is 10.2. The van der Waals surface area contributed by atoms with Crippen molar-refractivity contribution in [2.75, 3.05) is 0 Å². The fourth-order valence-electron chi connectivity index (χ4n) is 1.50. The monoisotopic (exact) mass is 170 g/mol. The first-order valence-electron chi connectivity index (χ1n) is 5.07. The van der Waals surface area contributed by atoms with Crippen LogP contribution in [0.1, 0.15) is 55.4 Å². The second-order valence-corrected chi connectivity index (χ2v) is 6.31. The van der Waals surface area contributed by atoms with Crippen LogP contribution in [0.4, 0.5) is 0 Å². The summed E-state index contributed by atoms with van der Waals surface area (Å²) >= 11 is 0. The number of hydrogen-bond acceptors (Lipinski definition) is 0. The third-order valence-electron chi connectivity index (χ3n) is 3.48. The van der Waals surface area contributed by atoms with Crippen molar-refractivity contribution in [2.24, 2.45) is 22.7 Å². The summed E-state index contributed by atoms with van der Waals surface area (Å²) in [5.74, 6) is 1.55. The Morgan fingerprint density at radius 2 is 0.750 bits per heavy atom. The summed E-state index contributed by atoms with van der Waals surface area (Å²) in [6, 6.07) is 0. The largest absolute Gasteiger partial charge is 0.0617 e. The van der Waals surface area contributed by atoms with Crippen molar-refractivity contribution in [1.82, 2.24) is 0 Å². The van der Waals surface area contributed by atoms with Crippen molar-refractivity contribution in [3.8, 4) is 0 Å². The first-order chi connectivity index (χ1) is 5.07. The summed E-state index contributed by atoms with van der Waals surface area (Å²) in [5, 5.41) is 0. The zero-order valence-corrected chi connectivity index (χ0v) is 10.2. The van der Waals surface area contributed by atoms with Crippen LogP contribution in [0.25, 0.3) is 0 Å². The Balaban J connectivity index is 4.41. The average molecular weight is 170 g/mol. The maximum absolute atomic E-state index is 2.37. The van der Waals surface area contributed by atoms with Crippen molar-refractivity contribution < 1.29 is 0 Å². The van der Waals surface area contributed by atoms with Crippen molar-refractivity contribution in [3.63, 3.8) is 0 Å². The van der Waals surface area contributed by atoms with E-state index in [-0.39, 0.29) is 0 Å². The van der Waals surface area contributed by atoms with Gasteiger partial charge in [-0.15, -0.1) is 0 Å². The van der Waals surface area contributed by atoms with Gasteiger partial charge in [-0.2, -0.15) is 0 Å². The fourth-order valence-corrected chi connectivity index (χ4v) is 1.50. The van der Waals surface area contributed by atoms with E-state index in [4.69, 9.17) is 0 Å². The minimum Gasteiger partial charge on any atom is -0.0617 e. The molecule has 0 bridgehead atoms. The van der Waals surface area contributed by atoms with E-state index in [9.17, 15) is 0 Å². The standard InChI is InChI=1S/C12H26/c1-9(11(3,4)5)10(2)12(6,7)8/h9-10H,1-8H3/t9-,10+. The van der Waals surface area contributed by atoms with E-state index < -0.39 is 0 Å². The molecule has 0 spiro atoms. The summed E-state index contributed by atoms with van der Waals surface area (Å²) < 4.78 is 0. The van der Waals surface area contributed by atoms with E-state index in [0.29, 0.717) is 10.8 Å². The van der Waals surface area contributed by atoms with Crippen LogP contribution in [0.15, 0.2) is 0 Å². The highest BCUT2D eigenvalue weighted by Crippen LogP contribution is 2.40. The summed E-state index contributed by atoms with van der Waals surface area (Å²) in [4.78, 5) is 0. The maximum Gasteiger partial charge on any atom is -0.0354 e. The van der Waals surface area contributed by atoms with Gasteiger partial charge in [0.1, 0.15) is 0 Å². The fraction of sp³-hybridized carbons (Fsp3) is 1.00. The van der Waals surface area contributed by atoms with E-state index in [1.807, 2.05) is 0 Å². The quantitative estimate of drug-likeness (QED) is 0.549. The van der Waals surface area contributed by atoms with Gasteiger partial charge >= 0.3 is 0 Å². The molecule has 0 amide bonds. The highest BCUT2D eigenvalue weighted by atomic mass is 14.4. The molecule has 0 saturated carbocycles. The molecule has 12 heavy (non-hydrogen) atoms. The van der Waals surface area contributed by atoms with Crippen LogP contribution in [0, 0.1) is 22.7 Å². The van der Waals surface area contributed by atoms with Gasteiger partial charge < -0.3 is 0 Å². The van der Waals surface area contributed by atoms with Crippen LogP contribution in [-0.4, -0.2) is 0 Å². The Hall–Kier alpha value is 0. The molecule has 0 unspecified atom stereocenters. The van der Waals surface area contributed by atoms with Crippen LogP contribution < -0.4 is 0 Å². The first-order valence-corrected chi connectivity index (χ1v) is 5.07. The molecule has 0 aromatic rings. The van der Waals surface area contributed by atoms with Gasteiger partial charge in [-0.25, -0.2) is 0 Å². The summed E-state index contributed by atoms with van der Waals surface area (Å²) in [6.07, 6.45) is 0. The summed E-state index contributed by atoms with van der Waals surface area (Å²) in [5.41, 5.74) is 0.874. The molecule has 74 valence electrons. The molecule has 2 atom stereocenters. The predicted octanol–water partition coefficient (Wildman–Crippen LogP) is 4.35. The van der Waals surface area contributed by atoms with Crippen LogP contribution >= 0.6 is 0 Å². The lowest BCUT2D eigenvalue weighted by Gasteiger charge is -2.39. The van der Waals surface area contributed by atoms with Gasteiger partial charge in [-0.05, 0) is 22.7 Å². The van der Waals surface area contributed by atoms with E-state index in [0.717, 1.165) is 11.8 Å². The normalized spacial score (nSPS) is 19.0. The second kappa shape index (κ2) is 3.40. The van der Waals surface area contributed by atoms with Crippen LogP contribution in [0.3, 0.4) is 0 Å². The number of hydrogen-bond donors (Lipinski definition) is 0. The molecule has 0 aromatic heterocycles. The molecular weight excluding hydrogens is 144 g/mol. The molecule has 0 radical (unpaired) electrons. The Labute approximate surface area is 78.8 Å². The van der Waals surface area contributed by atoms with Gasteiger partial charge in [-0.3, -0.25) is 0 Å². The van der Waals surface area contributed by atoms with Gasteiger partial charge in [0.2, 0.25) is 0 Å². The van der Waals surface area contributed by atoms with Crippen molar-refractivity contribution in [1.29, 1.82) is 0 Å². The summed E-state index contributed by atoms with van der Waals surface area (Å²) in [6.45, 7) is 18.7. The molecule has 0 aliphatic rings. The molecule has 0 aromatic carbocycles. The van der Waals surface area contributed by atoms with Crippen LogP contribution in [-0.2, 0) is 0 Å². The van der Waals surface area contributed by atoms with Gasteiger partial charge in [0.15, 0.2) is 0 Å². The SMILES string of the molecule is C[C@H]([C@H](C)C(C)(C)C)C(C)(C)C. The zero-order valence-electron chi connectivity index (χ0n) is 10.2. The lowest BCUT2D eigenvalue weighted by atomic mass is 9.66. The average Bonchev–Trinajstić information content (AvgIpc) is 1.80. The molecule has 0 heterocycles. The molecule has 0 aliphatic carbocycles. The van der Waals surface area contributed by atoms with Crippen molar-refractivity contribution in [3.05, 3.63) is 0 Å². The Kier molecular flexibility index (Phi) is 3.40. The highest BCUT2D eigenvalue weighted by molar-refractivity contribution is 4.81. The lowest BCUT2D eigenvalue weighted by Crippen LogP contribution is -2.32. The first kappa shape index (κ1) is 12.0. The molecule has 0 saturated heterocycles. The minimum absolute atomic E-state index is 0.437. The van der Waals surface area contributed by atoms with Crippen molar-refractivity contribution >= 4 is 0 Å². The highest BCUT2D eigenvalue weighted by Gasteiger charge is 2.32. The molecule has 0 N–H and O–H groups in total. The maximum atomic E-state index is 2.37.